The number of carboxylic acid groups (broad SMARTS) is 1. The molecule has 0 radical (unpaired) electrons. The van der Waals surface area contributed by atoms with Crippen LogP contribution in [0.25, 0.3) is 0 Å². The second kappa shape index (κ2) is 7.23. The van der Waals surface area contributed by atoms with Crippen molar-refractivity contribution in [2.45, 2.75) is 19.4 Å². The number of carbonyl (C=O) groups is 2. The molecule has 0 aliphatic carbocycles. The van der Waals surface area contributed by atoms with Crippen LogP contribution in [0.15, 0.2) is 42.9 Å². The molecule has 0 saturated carbocycles. The lowest BCUT2D eigenvalue weighted by molar-refractivity contribution is -0.121. The predicted molar refractivity (Wildman–Crippen MR) is 77.0 cm³/mol. The lowest BCUT2D eigenvalue weighted by atomic mass is 10.1. The molecular weight excluding hydrogens is 270 g/mol. The van der Waals surface area contributed by atoms with Crippen LogP contribution < -0.4 is 5.32 Å². The molecule has 0 saturated heterocycles. The molecule has 1 aromatic carbocycles. The number of carbonyl (C=O) groups excluding carboxylic acids is 1. The van der Waals surface area contributed by atoms with Crippen LogP contribution in [0, 0.1) is 0 Å². The van der Waals surface area contributed by atoms with Crippen LogP contribution in [-0.4, -0.2) is 33.1 Å². The summed E-state index contributed by atoms with van der Waals surface area (Å²) < 4.78 is 1.64. The average Bonchev–Trinajstić information content (AvgIpc) is 2.95. The molecule has 6 heteroatoms. The number of amides is 1. The van der Waals surface area contributed by atoms with Crippen LogP contribution in [0.3, 0.4) is 0 Å². The Kier molecular flexibility index (Phi) is 5.09. The largest absolute Gasteiger partial charge is 0.476 e. The maximum Gasteiger partial charge on any atom is 0.356 e. The van der Waals surface area contributed by atoms with E-state index in [1.54, 1.807) is 4.57 Å². The molecule has 21 heavy (non-hydrogen) atoms. The van der Waals surface area contributed by atoms with Gasteiger partial charge in [0.15, 0.2) is 5.69 Å². The SMILES string of the molecule is O=C(CCc1ccccc1)NCCn1cnc(C(=O)O)c1. The summed E-state index contributed by atoms with van der Waals surface area (Å²) in [6.45, 7) is 0.945. The number of aryl methyl sites for hydroxylation is 1. The van der Waals surface area contributed by atoms with E-state index in [1.807, 2.05) is 30.3 Å². The third kappa shape index (κ3) is 4.76. The first kappa shape index (κ1) is 14.8. The van der Waals surface area contributed by atoms with Gasteiger partial charge in [0.2, 0.25) is 5.91 Å². The fraction of sp³-hybridized carbons (Fsp3) is 0.267. The van der Waals surface area contributed by atoms with Crippen LogP contribution in [0.5, 0.6) is 0 Å². The number of carboxylic acids is 1. The molecule has 0 bridgehead atoms. The Morgan fingerprint density at radius 3 is 2.67 bits per heavy atom. The molecule has 0 unspecified atom stereocenters. The average molecular weight is 287 g/mol. The van der Waals surface area contributed by atoms with Gasteiger partial charge in [0, 0.05) is 25.7 Å². The van der Waals surface area contributed by atoms with E-state index in [0.717, 1.165) is 5.56 Å². The summed E-state index contributed by atoms with van der Waals surface area (Å²) in [7, 11) is 0. The highest BCUT2D eigenvalue weighted by atomic mass is 16.4. The van der Waals surface area contributed by atoms with Gasteiger partial charge in [-0.25, -0.2) is 9.78 Å². The van der Waals surface area contributed by atoms with Crippen molar-refractivity contribution in [3.63, 3.8) is 0 Å². The Morgan fingerprint density at radius 2 is 2.00 bits per heavy atom. The second-order valence-electron chi connectivity index (χ2n) is 4.64. The predicted octanol–water partition coefficient (Wildman–Crippen LogP) is 1.33. The highest BCUT2D eigenvalue weighted by Crippen LogP contribution is 2.02. The van der Waals surface area contributed by atoms with Gasteiger partial charge in [0.25, 0.3) is 0 Å². The highest BCUT2D eigenvalue weighted by molar-refractivity contribution is 5.84. The van der Waals surface area contributed by atoms with Crippen molar-refractivity contribution in [2.75, 3.05) is 6.54 Å². The lowest BCUT2D eigenvalue weighted by Crippen LogP contribution is -2.27. The minimum atomic E-state index is -1.05. The normalized spacial score (nSPS) is 10.3. The van der Waals surface area contributed by atoms with Crippen molar-refractivity contribution in [3.05, 3.63) is 54.1 Å². The first-order valence-corrected chi connectivity index (χ1v) is 6.71. The molecular formula is C15H17N3O3. The number of aromatic nitrogens is 2. The van der Waals surface area contributed by atoms with Gasteiger partial charge < -0.3 is 15.0 Å². The van der Waals surface area contributed by atoms with Gasteiger partial charge in [-0.15, -0.1) is 0 Å². The monoisotopic (exact) mass is 287 g/mol. The minimum Gasteiger partial charge on any atom is -0.476 e. The first-order valence-electron chi connectivity index (χ1n) is 6.71. The van der Waals surface area contributed by atoms with E-state index in [1.165, 1.54) is 12.5 Å². The summed E-state index contributed by atoms with van der Waals surface area (Å²) in [5, 5.41) is 11.5. The van der Waals surface area contributed by atoms with E-state index in [0.29, 0.717) is 25.9 Å². The molecule has 0 aliphatic heterocycles. The summed E-state index contributed by atoms with van der Waals surface area (Å²) in [5.41, 5.74) is 1.14. The van der Waals surface area contributed by atoms with E-state index in [-0.39, 0.29) is 11.6 Å². The molecule has 0 spiro atoms. The van der Waals surface area contributed by atoms with Gasteiger partial charge >= 0.3 is 5.97 Å². The van der Waals surface area contributed by atoms with Gasteiger partial charge in [0.1, 0.15) is 0 Å². The number of aromatic carboxylic acids is 1. The van der Waals surface area contributed by atoms with E-state index in [9.17, 15) is 9.59 Å². The number of imidazole rings is 1. The van der Waals surface area contributed by atoms with E-state index < -0.39 is 5.97 Å². The highest BCUT2D eigenvalue weighted by Gasteiger charge is 2.06. The first-order chi connectivity index (χ1) is 10.1. The smallest absolute Gasteiger partial charge is 0.356 e. The van der Waals surface area contributed by atoms with Gasteiger partial charge in [-0.1, -0.05) is 30.3 Å². The Morgan fingerprint density at radius 1 is 1.24 bits per heavy atom. The van der Waals surface area contributed by atoms with Crippen LogP contribution in [-0.2, 0) is 17.8 Å². The van der Waals surface area contributed by atoms with Crippen molar-refractivity contribution >= 4 is 11.9 Å². The second-order valence-corrected chi connectivity index (χ2v) is 4.64. The number of rotatable bonds is 7. The van der Waals surface area contributed by atoms with E-state index in [2.05, 4.69) is 10.3 Å². The van der Waals surface area contributed by atoms with Gasteiger partial charge in [-0.2, -0.15) is 0 Å². The standard InChI is InChI=1S/C15H17N3O3/c19-14(7-6-12-4-2-1-3-5-12)16-8-9-18-10-13(15(20)21)17-11-18/h1-5,10-11H,6-9H2,(H,16,19)(H,20,21). The molecule has 0 atom stereocenters. The Bertz CT molecular complexity index is 608. The lowest BCUT2D eigenvalue weighted by Gasteiger charge is -2.06. The zero-order chi connectivity index (χ0) is 15.1. The van der Waals surface area contributed by atoms with Crippen molar-refractivity contribution in [1.82, 2.24) is 14.9 Å². The quantitative estimate of drug-likeness (QED) is 0.804. The number of hydrogen-bond donors (Lipinski definition) is 2. The van der Waals surface area contributed by atoms with E-state index in [4.69, 9.17) is 5.11 Å². The summed E-state index contributed by atoms with van der Waals surface area (Å²) in [6, 6.07) is 9.83. The summed E-state index contributed by atoms with van der Waals surface area (Å²) in [6.07, 6.45) is 4.03. The van der Waals surface area contributed by atoms with Crippen molar-refractivity contribution in [3.8, 4) is 0 Å². The summed E-state index contributed by atoms with van der Waals surface area (Å²) in [4.78, 5) is 26.1. The Balaban J connectivity index is 1.68. The van der Waals surface area contributed by atoms with Gasteiger partial charge in [-0.05, 0) is 12.0 Å². The number of nitrogens with one attached hydrogen (secondary N) is 1. The number of nitrogens with zero attached hydrogens (tertiary/aromatic N) is 2. The molecule has 1 aromatic heterocycles. The molecule has 2 aromatic rings. The maximum absolute atomic E-state index is 11.7. The van der Waals surface area contributed by atoms with Crippen LogP contribution in [0.4, 0.5) is 0 Å². The fourth-order valence-corrected chi connectivity index (χ4v) is 1.91. The number of hydrogen-bond acceptors (Lipinski definition) is 3. The fourth-order valence-electron chi connectivity index (χ4n) is 1.91. The summed E-state index contributed by atoms with van der Waals surface area (Å²) in [5.74, 6) is -1.07. The third-order valence-corrected chi connectivity index (χ3v) is 3.03. The van der Waals surface area contributed by atoms with Crippen molar-refractivity contribution < 1.29 is 14.7 Å². The van der Waals surface area contributed by atoms with Crippen LogP contribution in [0.2, 0.25) is 0 Å². The molecule has 110 valence electrons. The molecule has 6 nitrogen and oxygen atoms in total. The number of benzene rings is 1. The van der Waals surface area contributed by atoms with Crippen molar-refractivity contribution in [1.29, 1.82) is 0 Å². The molecule has 1 heterocycles. The Hall–Kier alpha value is -2.63. The van der Waals surface area contributed by atoms with Gasteiger partial charge in [-0.3, -0.25) is 4.79 Å². The third-order valence-electron chi connectivity index (χ3n) is 3.03. The Labute approximate surface area is 122 Å². The molecule has 2 N–H and O–H groups in total. The van der Waals surface area contributed by atoms with Crippen LogP contribution >= 0.6 is 0 Å². The maximum atomic E-state index is 11.7. The zero-order valence-corrected chi connectivity index (χ0v) is 11.5. The molecule has 0 aliphatic rings. The van der Waals surface area contributed by atoms with Crippen LogP contribution in [0.1, 0.15) is 22.5 Å². The molecule has 1 amide bonds. The minimum absolute atomic E-state index is 0.00500. The summed E-state index contributed by atoms with van der Waals surface area (Å²) >= 11 is 0. The van der Waals surface area contributed by atoms with Crippen molar-refractivity contribution in [2.24, 2.45) is 0 Å². The molecule has 0 fully saturated rings. The zero-order valence-electron chi connectivity index (χ0n) is 11.5. The molecule has 2 rings (SSSR count). The van der Waals surface area contributed by atoms with Gasteiger partial charge in [0.05, 0.1) is 6.33 Å². The van der Waals surface area contributed by atoms with E-state index >= 15 is 0 Å². The topological polar surface area (TPSA) is 84.2 Å².